The lowest BCUT2D eigenvalue weighted by atomic mass is 9.73. The zero-order chi connectivity index (χ0) is 31.3. The lowest BCUT2D eigenvalue weighted by molar-refractivity contribution is -0.153. The molecule has 2 N–H and O–H groups in total. The summed E-state index contributed by atoms with van der Waals surface area (Å²) in [6, 6.07) is 6.83. The quantitative estimate of drug-likeness (QED) is 0.270. The molecule has 2 fully saturated rings. The Hall–Kier alpha value is -3.69. The Balaban J connectivity index is 1.29. The highest BCUT2D eigenvalue weighted by atomic mass is 19.2. The Bertz CT molecular complexity index is 1560. The van der Waals surface area contributed by atoms with E-state index in [4.69, 9.17) is 9.47 Å². The zero-order valence-corrected chi connectivity index (χ0v) is 24.6. The van der Waals surface area contributed by atoms with Gasteiger partial charge in [-0.2, -0.15) is 0 Å². The van der Waals surface area contributed by atoms with Gasteiger partial charge in [0, 0.05) is 50.4 Å². The molecule has 8 nitrogen and oxygen atoms in total. The number of halogens is 3. The first-order valence-electron chi connectivity index (χ1n) is 14.7. The largest absolute Gasteiger partial charge is 0.497 e. The summed E-state index contributed by atoms with van der Waals surface area (Å²) in [5, 5.41) is 22.7. The summed E-state index contributed by atoms with van der Waals surface area (Å²) < 4.78 is 51.8. The van der Waals surface area contributed by atoms with Gasteiger partial charge in [0.2, 0.25) is 0 Å². The van der Waals surface area contributed by atoms with Crippen LogP contribution in [0.2, 0.25) is 0 Å². The van der Waals surface area contributed by atoms with Crippen molar-refractivity contribution in [1.29, 1.82) is 0 Å². The number of fused-ring (bicyclic) bond motifs is 1. The highest BCUT2D eigenvalue weighted by molar-refractivity contribution is 5.85. The molecule has 1 atom stereocenters. The molecule has 2 aliphatic heterocycles. The van der Waals surface area contributed by atoms with Gasteiger partial charge in [0.1, 0.15) is 11.6 Å². The molecule has 0 saturated carbocycles. The molecule has 3 heterocycles. The predicted molar refractivity (Wildman–Crippen MR) is 158 cm³/mol. The van der Waals surface area contributed by atoms with Gasteiger partial charge in [-0.3, -0.25) is 19.6 Å². The number of rotatable bonds is 9. The Labute approximate surface area is 254 Å². The van der Waals surface area contributed by atoms with Crippen LogP contribution in [0.15, 0.2) is 36.5 Å². The van der Waals surface area contributed by atoms with Crippen LogP contribution in [0.25, 0.3) is 10.9 Å². The van der Waals surface area contributed by atoms with E-state index >= 15 is 0 Å². The highest BCUT2D eigenvalue weighted by Gasteiger charge is 2.41. The van der Waals surface area contributed by atoms with Crippen molar-refractivity contribution in [3.05, 3.63) is 70.7 Å². The van der Waals surface area contributed by atoms with Gasteiger partial charge < -0.3 is 19.7 Å². The van der Waals surface area contributed by atoms with Crippen LogP contribution >= 0.6 is 0 Å². The number of piperidine rings is 1. The number of aromatic nitrogens is 1. The van der Waals surface area contributed by atoms with Gasteiger partial charge in [-0.1, -0.05) is 11.8 Å². The average molecular weight is 612 g/mol. The SMILES string of the molecule is COc1ccc2ncc(CN3CCOCC3)c([C@@H](O)CCC3(C(=O)O)CCN(CC#Cc4cc(F)cc(F)c4F)CC3)c2c1. The first-order chi connectivity index (χ1) is 21.2. The molecule has 11 heteroatoms. The third-order valence-electron chi connectivity index (χ3n) is 8.71. The summed E-state index contributed by atoms with van der Waals surface area (Å²) in [5.74, 6) is 1.54. The molecular formula is C33H36F3N3O5. The fourth-order valence-corrected chi connectivity index (χ4v) is 6.04. The van der Waals surface area contributed by atoms with E-state index in [0.717, 1.165) is 35.7 Å². The average Bonchev–Trinajstić information content (AvgIpc) is 3.02. The summed E-state index contributed by atoms with van der Waals surface area (Å²) >= 11 is 0. The molecule has 0 unspecified atom stereocenters. The van der Waals surface area contributed by atoms with E-state index in [2.05, 4.69) is 21.7 Å². The van der Waals surface area contributed by atoms with Crippen molar-refractivity contribution in [3.8, 4) is 17.6 Å². The fraction of sp³-hybridized carbons (Fsp3) is 0.455. The van der Waals surface area contributed by atoms with Gasteiger partial charge in [-0.25, -0.2) is 13.2 Å². The van der Waals surface area contributed by atoms with E-state index in [0.29, 0.717) is 63.0 Å². The summed E-state index contributed by atoms with van der Waals surface area (Å²) in [6.45, 7) is 4.44. The van der Waals surface area contributed by atoms with E-state index in [-0.39, 0.29) is 24.9 Å². The molecule has 0 aliphatic carbocycles. The number of nitrogens with zero attached hydrogens (tertiary/aromatic N) is 3. The topological polar surface area (TPSA) is 95.4 Å². The van der Waals surface area contributed by atoms with Crippen LogP contribution in [-0.4, -0.2) is 84.0 Å². The van der Waals surface area contributed by atoms with Crippen molar-refractivity contribution < 1.29 is 37.7 Å². The lowest BCUT2D eigenvalue weighted by Crippen LogP contribution is -2.44. The number of carboxylic acids is 1. The minimum atomic E-state index is -1.30. The molecule has 2 aromatic carbocycles. The van der Waals surface area contributed by atoms with Gasteiger partial charge >= 0.3 is 5.97 Å². The smallest absolute Gasteiger partial charge is 0.309 e. The summed E-state index contributed by atoms with van der Waals surface area (Å²) in [7, 11) is 1.58. The van der Waals surface area contributed by atoms with E-state index in [1.807, 2.05) is 23.1 Å². The first kappa shape index (κ1) is 31.7. The number of methoxy groups -OCH3 is 1. The Morgan fingerprint density at radius 1 is 1.11 bits per heavy atom. The highest BCUT2D eigenvalue weighted by Crippen LogP contribution is 2.40. The minimum Gasteiger partial charge on any atom is -0.497 e. The number of likely N-dealkylation sites (tertiary alicyclic amines) is 1. The standard InChI is InChI=1S/C33H36F3N3O5/c1-43-25-4-5-28-26(19-25)30(23(20-37-28)21-39-13-15-44-16-14-39)29(40)6-7-33(32(41)42)8-11-38(12-9-33)10-2-3-22-17-24(34)18-27(35)31(22)36/h4-5,17-20,29,40H,6-16,21H2,1H3,(H,41,42)/t29-/m0/s1. The molecular weight excluding hydrogens is 575 g/mol. The molecule has 5 rings (SSSR count). The van der Waals surface area contributed by atoms with Crippen molar-refractivity contribution in [2.24, 2.45) is 5.41 Å². The van der Waals surface area contributed by atoms with Crippen LogP contribution in [0.3, 0.4) is 0 Å². The first-order valence-corrected chi connectivity index (χ1v) is 14.7. The van der Waals surface area contributed by atoms with Gasteiger partial charge in [0.25, 0.3) is 0 Å². The number of hydrogen-bond donors (Lipinski definition) is 2. The number of carboxylic acid groups (broad SMARTS) is 1. The monoisotopic (exact) mass is 611 g/mol. The van der Waals surface area contributed by atoms with Crippen LogP contribution in [-0.2, 0) is 16.1 Å². The maximum absolute atomic E-state index is 13.9. The molecule has 0 bridgehead atoms. The number of aliphatic hydroxyl groups is 1. The Morgan fingerprint density at radius 3 is 2.57 bits per heavy atom. The molecule has 0 amide bonds. The second kappa shape index (κ2) is 13.9. The van der Waals surface area contributed by atoms with Gasteiger partial charge in [-0.15, -0.1) is 0 Å². The Kier molecular flexibility index (Phi) is 10.1. The number of aliphatic carboxylic acids is 1. The number of pyridine rings is 1. The van der Waals surface area contributed by atoms with E-state index in [1.54, 1.807) is 13.3 Å². The zero-order valence-electron chi connectivity index (χ0n) is 24.6. The van der Waals surface area contributed by atoms with Crippen LogP contribution < -0.4 is 4.74 Å². The third kappa shape index (κ3) is 7.16. The van der Waals surface area contributed by atoms with Gasteiger partial charge in [0.15, 0.2) is 11.6 Å². The molecule has 0 spiro atoms. The molecule has 3 aromatic rings. The molecule has 234 valence electrons. The van der Waals surface area contributed by atoms with Crippen molar-refractivity contribution >= 4 is 16.9 Å². The second-order valence-electron chi connectivity index (χ2n) is 11.4. The van der Waals surface area contributed by atoms with Gasteiger partial charge in [0.05, 0.1) is 49.5 Å². The minimum absolute atomic E-state index is 0.200. The molecule has 1 aromatic heterocycles. The van der Waals surface area contributed by atoms with E-state index in [1.165, 1.54) is 0 Å². The van der Waals surface area contributed by atoms with Crippen molar-refractivity contribution in [3.63, 3.8) is 0 Å². The maximum atomic E-state index is 13.9. The second-order valence-corrected chi connectivity index (χ2v) is 11.4. The predicted octanol–water partition coefficient (Wildman–Crippen LogP) is 4.53. The number of ether oxygens (including phenoxy) is 2. The number of morpholine rings is 1. The van der Waals surface area contributed by atoms with Crippen molar-refractivity contribution in [2.75, 3.05) is 53.0 Å². The molecule has 2 saturated heterocycles. The Morgan fingerprint density at radius 2 is 1.86 bits per heavy atom. The number of hydrogen-bond acceptors (Lipinski definition) is 7. The van der Waals surface area contributed by atoms with E-state index in [9.17, 15) is 28.2 Å². The summed E-state index contributed by atoms with van der Waals surface area (Å²) in [6.07, 6.45) is 2.05. The molecule has 44 heavy (non-hydrogen) atoms. The lowest BCUT2D eigenvalue weighted by Gasteiger charge is -2.38. The molecule has 0 radical (unpaired) electrons. The third-order valence-corrected chi connectivity index (χ3v) is 8.71. The van der Waals surface area contributed by atoms with Crippen LogP contribution in [0.4, 0.5) is 13.2 Å². The number of aliphatic hydroxyl groups excluding tert-OH is 1. The normalized spacial score (nSPS) is 18.0. The van der Waals surface area contributed by atoms with Crippen molar-refractivity contribution in [2.45, 2.75) is 38.3 Å². The van der Waals surface area contributed by atoms with Crippen molar-refractivity contribution in [1.82, 2.24) is 14.8 Å². The summed E-state index contributed by atoms with van der Waals surface area (Å²) in [4.78, 5) is 21.4. The van der Waals surface area contributed by atoms with Gasteiger partial charge in [-0.05, 0) is 61.1 Å². The fourth-order valence-electron chi connectivity index (χ4n) is 6.04. The molecule has 2 aliphatic rings. The van der Waals surface area contributed by atoms with Crippen LogP contribution in [0.1, 0.15) is 48.5 Å². The van der Waals surface area contributed by atoms with E-state index < -0.39 is 34.9 Å². The van der Waals surface area contributed by atoms with Crippen LogP contribution in [0, 0.1) is 34.7 Å². The maximum Gasteiger partial charge on any atom is 0.309 e. The summed E-state index contributed by atoms with van der Waals surface area (Å²) in [5.41, 5.74) is 0.937. The number of carbonyl (C=O) groups is 1. The number of benzene rings is 2. The van der Waals surface area contributed by atoms with Crippen LogP contribution in [0.5, 0.6) is 5.75 Å².